The zero-order chi connectivity index (χ0) is 21.8. The highest BCUT2D eigenvalue weighted by Gasteiger charge is 2.75. The molecule has 30 heavy (non-hydrogen) atoms. The summed E-state index contributed by atoms with van der Waals surface area (Å²) in [4.78, 5) is 56.0. The number of amides is 2. The van der Waals surface area contributed by atoms with E-state index in [4.69, 9.17) is 4.74 Å². The Bertz CT molecular complexity index is 977. The second-order valence-corrected chi connectivity index (χ2v) is 7.85. The molecule has 1 unspecified atom stereocenters. The lowest BCUT2D eigenvalue weighted by molar-refractivity contribution is -0.178. The van der Waals surface area contributed by atoms with E-state index in [0.29, 0.717) is 37.3 Å². The first kappa shape index (κ1) is 20.3. The molecule has 1 aromatic rings. The summed E-state index contributed by atoms with van der Waals surface area (Å²) in [5.41, 5.74) is -3.07. The highest BCUT2D eigenvalue weighted by atomic mass is 16.5. The fourth-order valence-corrected chi connectivity index (χ4v) is 4.87. The number of carbonyl (C=O) groups is 4. The largest absolute Gasteiger partial charge is 0.467 e. The van der Waals surface area contributed by atoms with Crippen LogP contribution < -0.4 is 4.90 Å². The van der Waals surface area contributed by atoms with Crippen molar-refractivity contribution in [1.29, 1.82) is 0 Å². The van der Waals surface area contributed by atoms with Crippen LogP contribution in [0.15, 0.2) is 41.6 Å². The van der Waals surface area contributed by atoms with Gasteiger partial charge >= 0.3 is 5.97 Å². The Morgan fingerprint density at radius 3 is 2.27 bits per heavy atom. The molecule has 1 heterocycles. The second kappa shape index (κ2) is 6.77. The Balaban J connectivity index is 2.02. The van der Waals surface area contributed by atoms with Gasteiger partial charge in [0.2, 0.25) is 11.5 Å². The summed E-state index contributed by atoms with van der Waals surface area (Å²) < 4.78 is 4.74. The highest BCUT2D eigenvalue weighted by molar-refractivity contribution is 6.34. The molecule has 1 N–H and O–H groups in total. The first-order valence-electron chi connectivity index (χ1n) is 10.1. The number of anilines is 1. The number of rotatable bonds is 5. The van der Waals surface area contributed by atoms with Crippen molar-refractivity contribution in [2.45, 2.75) is 32.3 Å². The third kappa shape index (κ3) is 2.37. The lowest BCUT2D eigenvalue weighted by Gasteiger charge is -2.42. The number of allylic oxidation sites excluding steroid dienone is 1. The molecule has 8 nitrogen and oxygen atoms in total. The molecular weight excluding hydrogens is 388 g/mol. The smallest absolute Gasteiger partial charge is 0.346 e. The summed E-state index contributed by atoms with van der Waals surface area (Å²) in [5.74, 6) is -5.02. The highest BCUT2D eigenvalue weighted by Crippen LogP contribution is 2.62. The molecule has 1 spiro atoms. The van der Waals surface area contributed by atoms with Gasteiger partial charge in [-0.25, -0.2) is 9.69 Å². The molecule has 2 fully saturated rings. The fraction of sp³-hybridized carbons (Fsp3) is 0.455. The Hall–Kier alpha value is -3.00. The minimum absolute atomic E-state index is 0.0255. The fourth-order valence-electron chi connectivity index (χ4n) is 4.87. The Morgan fingerprint density at radius 1 is 1.17 bits per heavy atom. The van der Waals surface area contributed by atoms with Gasteiger partial charge in [0.1, 0.15) is 5.92 Å². The van der Waals surface area contributed by atoms with Crippen molar-refractivity contribution in [2.75, 3.05) is 25.1 Å². The van der Waals surface area contributed by atoms with Crippen LogP contribution in [0.3, 0.4) is 0 Å². The van der Waals surface area contributed by atoms with Crippen LogP contribution in [0.2, 0.25) is 0 Å². The minimum atomic E-state index is -2.73. The van der Waals surface area contributed by atoms with E-state index in [9.17, 15) is 24.3 Å². The van der Waals surface area contributed by atoms with Gasteiger partial charge in [-0.05, 0) is 38.8 Å². The van der Waals surface area contributed by atoms with Crippen LogP contribution in [0.25, 0.3) is 0 Å². The number of methoxy groups -OCH3 is 1. The molecule has 0 radical (unpaired) electrons. The zero-order valence-corrected chi connectivity index (χ0v) is 17.2. The van der Waals surface area contributed by atoms with E-state index in [2.05, 4.69) is 0 Å². The number of Topliss-reactive ketones (excluding diaryl/α,β-unsaturated/α-hetero) is 1. The van der Waals surface area contributed by atoms with Crippen LogP contribution in [-0.2, 0) is 23.9 Å². The van der Waals surface area contributed by atoms with E-state index in [1.807, 2.05) is 18.7 Å². The molecule has 2 atom stereocenters. The number of esters is 1. The average molecular weight is 412 g/mol. The molecule has 1 aromatic carbocycles. The predicted octanol–water partition coefficient (Wildman–Crippen LogP) is 1.04. The summed E-state index contributed by atoms with van der Waals surface area (Å²) in [6, 6.07) is 8.29. The van der Waals surface area contributed by atoms with Gasteiger partial charge in [-0.3, -0.25) is 14.4 Å². The number of nitrogens with zero attached hydrogens (tertiary/aromatic N) is 2. The lowest BCUT2D eigenvalue weighted by Crippen LogP contribution is -2.62. The van der Waals surface area contributed by atoms with Crippen LogP contribution in [0.1, 0.15) is 26.7 Å². The number of aliphatic hydroxyl groups is 1. The quantitative estimate of drug-likeness (QED) is 0.438. The third-order valence-electron chi connectivity index (χ3n) is 6.44. The van der Waals surface area contributed by atoms with E-state index >= 15 is 0 Å². The van der Waals surface area contributed by atoms with Gasteiger partial charge in [0, 0.05) is 18.8 Å². The van der Waals surface area contributed by atoms with Crippen molar-refractivity contribution in [3.63, 3.8) is 0 Å². The lowest BCUT2D eigenvalue weighted by atomic mass is 9.67. The first-order valence-corrected chi connectivity index (χ1v) is 10.1. The molecule has 1 saturated heterocycles. The number of hydrogen-bond acceptors (Lipinski definition) is 7. The number of carbonyl (C=O) groups excluding carboxylic acids is 4. The topological polar surface area (TPSA) is 104 Å². The molecule has 1 aliphatic heterocycles. The zero-order valence-electron chi connectivity index (χ0n) is 17.2. The number of ether oxygens (including phenoxy) is 1. The van der Waals surface area contributed by atoms with Gasteiger partial charge in [-0.2, -0.15) is 0 Å². The van der Waals surface area contributed by atoms with Gasteiger partial charge in [0.15, 0.2) is 5.78 Å². The van der Waals surface area contributed by atoms with Gasteiger partial charge < -0.3 is 14.7 Å². The number of ketones is 1. The summed E-state index contributed by atoms with van der Waals surface area (Å²) in [7, 11) is 1.05. The Morgan fingerprint density at radius 2 is 1.77 bits per heavy atom. The number of benzene rings is 1. The molecule has 2 aliphatic carbocycles. The van der Waals surface area contributed by atoms with Crippen LogP contribution in [0, 0.1) is 11.3 Å². The van der Waals surface area contributed by atoms with Crippen molar-refractivity contribution in [2.24, 2.45) is 11.3 Å². The van der Waals surface area contributed by atoms with Crippen molar-refractivity contribution < 1.29 is 29.0 Å². The monoisotopic (exact) mass is 412 g/mol. The molecule has 0 aromatic heterocycles. The molecule has 158 valence electrons. The van der Waals surface area contributed by atoms with E-state index in [0.717, 1.165) is 12.0 Å². The van der Waals surface area contributed by atoms with Gasteiger partial charge in [0.05, 0.1) is 23.8 Å². The first-order chi connectivity index (χ1) is 14.3. The number of imide groups is 1. The Labute approximate surface area is 174 Å². The molecule has 0 bridgehead atoms. The molecule has 4 rings (SSSR count). The molecule has 3 aliphatic rings. The maximum Gasteiger partial charge on any atom is 0.346 e. The van der Waals surface area contributed by atoms with E-state index in [1.165, 1.54) is 0 Å². The van der Waals surface area contributed by atoms with E-state index in [-0.39, 0.29) is 5.57 Å². The van der Waals surface area contributed by atoms with E-state index in [1.54, 1.807) is 30.3 Å². The number of para-hydroxylation sites is 1. The third-order valence-corrected chi connectivity index (χ3v) is 6.44. The average Bonchev–Trinajstić information content (AvgIpc) is 3.50. The van der Waals surface area contributed by atoms with Crippen molar-refractivity contribution >= 4 is 29.3 Å². The number of fused-ring (bicyclic) bond motifs is 1. The van der Waals surface area contributed by atoms with Gasteiger partial charge in [-0.1, -0.05) is 18.2 Å². The van der Waals surface area contributed by atoms with Gasteiger partial charge in [-0.15, -0.1) is 0 Å². The summed E-state index contributed by atoms with van der Waals surface area (Å²) >= 11 is 0. The van der Waals surface area contributed by atoms with Crippen LogP contribution in [0.5, 0.6) is 0 Å². The van der Waals surface area contributed by atoms with Crippen LogP contribution in [0.4, 0.5) is 5.69 Å². The van der Waals surface area contributed by atoms with Crippen molar-refractivity contribution in [3.05, 3.63) is 41.6 Å². The summed E-state index contributed by atoms with van der Waals surface area (Å²) in [5, 5.41) is 11.4. The maximum atomic E-state index is 13.6. The van der Waals surface area contributed by atoms with Crippen molar-refractivity contribution in [3.8, 4) is 0 Å². The summed E-state index contributed by atoms with van der Waals surface area (Å²) in [6.45, 7) is 4.81. The SMILES string of the molecule is CCN(CC)C1=C2C(=O)N(c3ccccc3)C(=O)C2[C@](O)(C(=O)OC)C(=O)C12CC2. The van der Waals surface area contributed by atoms with Crippen LogP contribution in [-0.4, -0.2) is 59.4 Å². The standard InChI is InChI=1S/C22H24N2O6/c1-4-23(5-2)16-14-15(18(26)24(17(14)25)13-9-7-6-8-10-13)22(29,20(28)30-3)19(27)21(16)11-12-21/h6-10,15,29H,4-5,11-12H2,1-3H3/t15?,22-/m1/s1. The molecule has 2 amide bonds. The van der Waals surface area contributed by atoms with Crippen LogP contribution >= 0.6 is 0 Å². The van der Waals surface area contributed by atoms with E-state index < -0.39 is 40.5 Å². The van der Waals surface area contributed by atoms with Gasteiger partial charge in [0.25, 0.3) is 5.91 Å². The van der Waals surface area contributed by atoms with Crippen molar-refractivity contribution in [1.82, 2.24) is 4.90 Å². The summed E-state index contributed by atoms with van der Waals surface area (Å²) in [6.07, 6.45) is 0.806. The predicted molar refractivity (Wildman–Crippen MR) is 106 cm³/mol. The Kier molecular flexibility index (Phi) is 4.58. The maximum absolute atomic E-state index is 13.6. The minimum Gasteiger partial charge on any atom is -0.467 e. The molecular formula is C22H24N2O6. The molecule has 8 heteroatoms. The normalized spacial score (nSPS) is 26.9. The second-order valence-electron chi connectivity index (χ2n) is 7.85. The number of hydrogen-bond donors (Lipinski definition) is 1. The molecule has 1 saturated carbocycles.